The van der Waals surface area contributed by atoms with E-state index in [2.05, 4.69) is 0 Å². The quantitative estimate of drug-likeness (QED) is 0.900. The van der Waals surface area contributed by atoms with Gasteiger partial charge in [0.2, 0.25) is 0 Å². The second kappa shape index (κ2) is 5.40. The summed E-state index contributed by atoms with van der Waals surface area (Å²) in [4.78, 5) is 0. The van der Waals surface area contributed by atoms with Crippen LogP contribution < -0.4 is 0 Å². The molecule has 0 saturated heterocycles. The summed E-state index contributed by atoms with van der Waals surface area (Å²) in [5.74, 6) is 1.65. The summed E-state index contributed by atoms with van der Waals surface area (Å²) in [7, 11) is 0. The first-order chi connectivity index (χ1) is 8.90. The molecule has 1 aromatic heterocycles. The van der Waals surface area contributed by atoms with Crippen molar-refractivity contribution in [2.24, 2.45) is 0 Å². The van der Waals surface area contributed by atoms with E-state index in [1.807, 2.05) is 45.9 Å². The highest BCUT2D eigenvalue weighted by Crippen LogP contribution is 2.31. The molecule has 0 aliphatic carbocycles. The van der Waals surface area contributed by atoms with Gasteiger partial charge in [0.1, 0.15) is 11.5 Å². The molecule has 0 fully saturated rings. The second-order valence-corrected chi connectivity index (χ2v) is 5.48. The number of aliphatic hydroxyl groups is 1. The standard InChI is InChI=1S/C16H19ClO2/c1-9-5-6-13(14(17)7-9)8-15(18)16-10(2)11(3)19-12(16)4/h5-7,15,18H,8H2,1-4H3. The largest absolute Gasteiger partial charge is 0.466 e. The minimum Gasteiger partial charge on any atom is -0.466 e. The Labute approximate surface area is 119 Å². The topological polar surface area (TPSA) is 33.4 Å². The summed E-state index contributed by atoms with van der Waals surface area (Å²) in [6.07, 6.45) is -0.0857. The normalized spacial score (nSPS) is 12.7. The summed E-state index contributed by atoms with van der Waals surface area (Å²) in [6, 6.07) is 5.90. The first-order valence-corrected chi connectivity index (χ1v) is 6.77. The van der Waals surface area contributed by atoms with Crippen molar-refractivity contribution < 1.29 is 9.52 Å². The highest BCUT2D eigenvalue weighted by Gasteiger charge is 2.20. The molecule has 19 heavy (non-hydrogen) atoms. The summed E-state index contributed by atoms with van der Waals surface area (Å²) < 4.78 is 5.56. The lowest BCUT2D eigenvalue weighted by molar-refractivity contribution is 0.176. The van der Waals surface area contributed by atoms with Crippen LogP contribution in [0.1, 0.15) is 39.9 Å². The van der Waals surface area contributed by atoms with Crippen LogP contribution in [0.15, 0.2) is 22.6 Å². The van der Waals surface area contributed by atoms with Crippen molar-refractivity contribution >= 4 is 11.6 Å². The molecule has 0 aliphatic rings. The van der Waals surface area contributed by atoms with Crippen LogP contribution in [0, 0.1) is 27.7 Å². The van der Waals surface area contributed by atoms with Crippen molar-refractivity contribution in [3.05, 3.63) is 57.0 Å². The first kappa shape index (κ1) is 14.2. The van der Waals surface area contributed by atoms with Gasteiger partial charge in [-0.1, -0.05) is 23.7 Å². The minimum atomic E-state index is -0.586. The third-order valence-corrected chi connectivity index (χ3v) is 3.92. The van der Waals surface area contributed by atoms with Crippen molar-refractivity contribution in [3.8, 4) is 0 Å². The fraction of sp³-hybridized carbons (Fsp3) is 0.375. The number of rotatable bonds is 3. The van der Waals surface area contributed by atoms with Crippen LogP contribution in [0.25, 0.3) is 0 Å². The molecular weight excluding hydrogens is 260 g/mol. The molecule has 2 rings (SSSR count). The molecule has 2 nitrogen and oxygen atoms in total. The SMILES string of the molecule is Cc1ccc(CC(O)c2c(C)oc(C)c2C)c(Cl)c1. The van der Waals surface area contributed by atoms with Crippen LogP contribution >= 0.6 is 11.6 Å². The van der Waals surface area contributed by atoms with Gasteiger partial charge in [-0.3, -0.25) is 0 Å². The second-order valence-electron chi connectivity index (χ2n) is 5.07. The lowest BCUT2D eigenvalue weighted by Gasteiger charge is -2.13. The van der Waals surface area contributed by atoms with E-state index in [1.54, 1.807) is 0 Å². The Morgan fingerprint density at radius 1 is 1.16 bits per heavy atom. The molecule has 3 heteroatoms. The first-order valence-electron chi connectivity index (χ1n) is 6.39. The molecule has 102 valence electrons. The Kier molecular flexibility index (Phi) is 4.02. The van der Waals surface area contributed by atoms with Crippen LogP contribution in [-0.4, -0.2) is 5.11 Å². The zero-order valence-electron chi connectivity index (χ0n) is 11.7. The number of benzene rings is 1. The number of hydrogen-bond donors (Lipinski definition) is 1. The van der Waals surface area contributed by atoms with Crippen LogP contribution in [0.2, 0.25) is 5.02 Å². The van der Waals surface area contributed by atoms with Gasteiger partial charge in [0.05, 0.1) is 6.10 Å². The smallest absolute Gasteiger partial charge is 0.107 e. The van der Waals surface area contributed by atoms with Gasteiger partial charge >= 0.3 is 0 Å². The maximum absolute atomic E-state index is 10.4. The van der Waals surface area contributed by atoms with E-state index < -0.39 is 6.10 Å². The van der Waals surface area contributed by atoms with Gasteiger partial charge in [-0.05, 0) is 50.5 Å². The zero-order chi connectivity index (χ0) is 14.2. The van der Waals surface area contributed by atoms with Gasteiger partial charge < -0.3 is 9.52 Å². The van der Waals surface area contributed by atoms with E-state index in [0.29, 0.717) is 11.4 Å². The fourth-order valence-corrected chi connectivity index (χ4v) is 2.74. The molecule has 0 amide bonds. The van der Waals surface area contributed by atoms with E-state index >= 15 is 0 Å². The highest BCUT2D eigenvalue weighted by atomic mass is 35.5. The average molecular weight is 279 g/mol. The molecular formula is C16H19ClO2. The number of halogens is 1. The molecule has 0 bridgehead atoms. The fourth-order valence-electron chi connectivity index (χ4n) is 2.43. The van der Waals surface area contributed by atoms with Crippen LogP contribution in [-0.2, 0) is 6.42 Å². The lowest BCUT2D eigenvalue weighted by Crippen LogP contribution is -2.04. The van der Waals surface area contributed by atoms with E-state index in [0.717, 1.165) is 33.8 Å². The van der Waals surface area contributed by atoms with E-state index in [4.69, 9.17) is 16.0 Å². The Bertz CT molecular complexity index is 599. The molecule has 1 N–H and O–H groups in total. The monoisotopic (exact) mass is 278 g/mol. The van der Waals surface area contributed by atoms with Crippen molar-refractivity contribution in [1.29, 1.82) is 0 Å². The van der Waals surface area contributed by atoms with Crippen molar-refractivity contribution in [1.82, 2.24) is 0 Å². The molecule has 1 aromatic carbocycles. The number of hydrogen-bond acceptors (Lipinski definition) is 2. The van der Waals surface area contributed by atoms with E-state index in [1.165, 1.54) is 0 Å². The van der Waals surface area contributed by atoms with Gasteiger partial charge in [0.15, 0.2) is 0 Å². The molecule has 0 radical (unpaired) electrons. The van der Waals surface area contributed by atoms with Crippen LogP contribution in [0.5, 0.6) is 0 Å². The number of aryl methyl sites for hydroxylation is 3. The van der Waals surface area contributed by atoms with Crippen LogP contribution in [0.3, 0.4) is 0 Å². The number of furan rings is 1. The third kappa shape index (κ3) is 2.85. The van der Waals surface area contributed by atoms with Crippen molar-refractivity contribution in [2.45, 2.75) is 40.2 Å². The maximum atomic E-state index is 10.4. The Morgan fingerprint density at radius 2 is 1.84 bits per heavy atom. The Hall–Kier alpha value is -1.25. The summed E-state index contributed by atoms with van der Waals surface area (Å²) in [5, 5.41) is 11.1. The van der Waals surface area contributed by atoms with E-state index in [9.17, 15) is 5.11 Å². The average Bonchev–Trinajstić information content (AvgIpc) is 2.57. The van der Waals surface area contributed by atoms with Crippen molar-refractivity contribution in [2.75, 3.05) is 0 Å². The molecule has 1 heterocycles. The summed E-state index contributed by atoms with van der Waals surface area (Å²) in [5.41, 5.74) is 3.98. The predicted octanol–water partition coefficient (Wildman–Crippen LogP) is 4.44. The van der Waals surface area contributed by atoms with E-state index in [-0.39, 0.29) is 0 Å². The van der Waals surface area contributed by atoms with Crippen molar-refractivity contribution in [3.63, 3.8) is 0 Å². The molecule has 0 aliphatic heterocycles. The van der Waals surface area contributed by atoms with Gasteiger partial charge in [0, 0.05) is 17.0 Å². The Morgan fingerprint density at radius 3 is 2.37 bits per heavy atom. The summed E-state index contributed by atoms with van der Waals surface area (Å²) in [6.45, 7) is 7.77. The molecule has 1 atom stereocenters. The molecule has 0 saturated carbocycles. The van der Waals surface area contributed by atoms with Gasteiger partial charge in [-0.15, -0.1) is 0 Å². The maximum Gasteiger partial charge on any atom is 0.107 e. The third-order valence-electron chi connectivity index (χ3n) is 3.57. The van der Waals surface area contributed by atoms with Gasteiger partial charge in [-0.25, -0.2) is 0 Å². The molecule has 1 unspecified atom stereocenters. The minimum absolute atomic E-state index is 0.500. The summed E-state index contributed by atoms with van der Waals surface area (Å²) >= 11 is 6.21. The van der Waals surface area contributed by atoms with Gasteiger partial charge in [-0.2, -0.15) is 0 Å². The van der Waals surface area contributed by atoms with Gasteiger partial charge in [0.25, 0.3) is 0 Å². The lowest BCUT2D eigenvalue weighted by atomic mass is 9.98. The van der Waals surface area contributed by atoms with Crippen LogP contribution in [0.4, 0.5) is 0 Å². The molecule has 0 spiro atoms. The molecule has 2 aromatic rings. The highest BCUT2D eigenvalue weighted by molar-refractivity contribution is 6.31. The number of aliphatic hydroxyl groups excluding tert-OH is 1. The Balaban J connectivity index is 2.28. The zero-order valence-corrected chi connectivity index (χ0v) is 12.5. The predicted molar refractivity (Wildman–Crippen MR) is 77.8 cm³/mol.